The van der Waals surface area contributed by atoms with Gasteiger partial charge in [0.25, 0.3) is 0 Å². The van der Waals surface area contributed by atoms with Crippen molar-refractivity contribution < 1.29 is 9.84 Å². The number of hydrogen-bond donors (Lipinski definition) is 2. The Bertz CT molecular complexity index is 83.7. The Labute approximate surface area is 61.7 Å². The maximum atomic E-state index is 8.31. The van der Waals surface area contributed by atoms with Crippen molar-refractivity contribution in [1.29, 1.82) is 0 Å². The third kappa shape index (κ3) is 7.46. The van der Waals surface area contributed by atoms with Crippen LogP contribution in [-0.4, -0.2) is 31.5 Å². The molecule has 0 heterocycles. The smallest absolute Gasteiger partial charge is 0.0698 e. The zero-order valence-electron chi connectivity index (χ0n) is 6.34. The lowest BCUT2D eigenvalue weighted by atomic mass is 10.6. The second-order valence-corrected chi connectivity index (χ2v) is 1.79. The molecule has 0 aliphatic heterocycles. The fourth-order valence-electron chi connectivity index (χ4n) is 0.499. The lowest BCUT2D eigenvalue weighted by Gasteiger charge is -2.00. The molecule has 2 N–H and O–H groups in total. The zero-order chi connectivity index (χ0) is 7.66. The minimum Gasteiger partial charge on any atom is -0.394 e. The number of ether oxygens (including phenoxy) is 1. The summed E-state index contributed by atoms with van der Waals surface area (Å²) >= 11 is 0. The summed E-state index contributed by atoms with van der Waals surface area (Å²) in [4.78, 5) is 0. The monoisotopic (exact) mass is 145 g/mol. The van der Waals surface area contributed by atoms with Crippen molar-refractivity contribution in [3.8, 4) is 0 Å². The van der Waals surface area contributed by atoms with Crippen LogP contribution in [0.15, 0.2) is 12.3 Å². The van der Waals surface area contributed by atoms with Crippen molar-refractivity contribution >= 4 is 0 Å². The number of aliphatic hydroxyl groups excluding tert-OH is 1. The van der Waals surface area contributed by atoms with Crippen molar-refractivity contribution in [1.82, 2.24) is 5.32 Å². The molecule has 0 atom stereocenters. The first kappa shape index (κ1) is 9.46. The first-order valence-electron chi connectivity index (χ1n) is 3.45. The molecule has 3 heteroatoms. The number of nitrogens with one attached hydrogen (secondary N) is 1. The van der Waals surface area contributed by atoms with Crippen molar-refractivity contribution in [2.75, 3.05) is 26.4 Å². The molecule has 3 nitrogen and oxygen atoms in total. The molecule has 0 saturated carbocycles. The highest BCUT2D eigenvalue weighted by molar-refractivity contribution is 4.73. The first-order chi connectivity index (χ1) is 4.91. The molecule has 0 rings (SSSR count). The normalized spacial score (nSPS) is 10.6. The van der Waals surface area contributed by atoms with Crippen molar-refractivity contribution in [3.05, 3.63) is 12.3 Å². The van der Waals surface area contributed by atoms with Gasteiger partial charge in [0.15, 0.2) is 0 Å². The van der Waals surface area contributed by atoms with Gasteiger partial charge in [-0.25, -0.2) is 0 Å². The minimum absolute atomic E-state index is 0.101. The Morgan fingerprint density at radius 3 is 2.90 bits per heavy atom. The summed E-state index contributed by atoms with van der Waals surface area (Å²) in [6.45, 7) is 3.91. The highest BCUT2D eigenvalue weighted by atomic mass is 16.5. The topological polar surface area (TPSA) is 41.5 Å². The van der Waals surface area contributed by atoms with Crippen LogP contribution < -0.4 is 5.32 Å². The molecule has 0 spiro atoms. The van der Waals surface area contributed by atoms with Gasteiger partial charge in [-0.1, -0.05) is 6.08 Å². The van der Waals surface area contributed by atoms with E-state index in [1.165, 1.54) is 0 Å². The van der Waals surface area contributed by atoms with Gasteiger partial charge in [0, 0.05) is 6.54 Å². The van der Waals surface area contributed by atoms with E-state index >= 15 is 0 Å². The maximum absolute atomic E-state index is 8.31. The van der Waals surface area contributed by atoms with Gasteiger partial charge in [-0.05, 0) is 13.1 Å². The number of aliphatic hydroxyl groups is 1. The highest BCUT2D eigenvalue weighted by Crippen LogP contribution is 1.71. The van der Waals surface area contributed by atoms with E-state index in [2.05, 4.69) is 5.32 Å². The van der Waals surface area contributed by atoms with Crippen LogP contribution in [0.5, 0.6) is 0 Å². The largest absolute Gasteiger partial charge is 0.394 e. The second-order valence-electron chi connectivity index (χ2n) is 1.79. The third-order valence-electron chi connectivity index (χ3n) is 0.911. The summed E-state index contributed by atoms with van der Waals surface area (Å²) < 4.78 is 4.98. The molecule has 0 aromatic heterocycles. The Kier molecular flexibility index (Phi) is 8.00. The van der Waals surface area contributed by atoms with Gasteiger partial charge in [-0.3, -0.25) is 0 Å². The van der Waals surface area contributed by atoms with Crippen LogP contribution in [0.1, 0.15) is 6.92 Å². The third-order valence-corrected chi connectivity index (χ3v) is 0.911. The van der Waals surface area contributed by atoms with E-state index < -0.39 is 0 Å². The lowest BCUT2D eigenvalue weighted by Crippen LogP contribution is -2.14. The summed E-state index contributed by atoms with van der Waals surface area (Å²) in [7, 11) is 0. The highest BCUT2D eigenvalue weighted by Gasteiger charge is 1.82. The van der Waals surface area contributed by atoms with Crippen LogP contribution >= 0.6 is 0 Å². The molecule has 0 bridgehead atoms. The van der Waals surface area contributed by atoms with Gasteiger partial charge in [0.1, 0.15) is 0 Å². The maximum Gasteiger partial charge on any atom is 0.0698 e. The molecule has 0 aromatic rings. The zero-order valence-corrected chi connectivity index (χ0v) is 6.34. The van der Waals surface area contributed by atoms with Crippen LogP contribution in [0.25, 0.3) is 0 Å². The average molecular weight is 145 g/mol. The molecule has 0 aromatic carbocycles. The van der Waals surface area contributed by atoms with Crippen molar-refractivity contribution in [2.24, 2.45) is 0 Å². The van der Waals surface area contributed by atoms with E-state index in [0.29, 0.717) is 13.2 Å². The van der Waals surface area contributed by atoms with Gasteiger partial charge >= 0.3 is 0 Å². The molecule has 0 unspecified atom stereocenters. The number of hydrogen-bond acceptors (Lipinski definition) is 3. The molecule has 0 radical (unpaired) electrons. The van der Waals surface area contributed by atoms with Crippen molar-refractivity contribution in [2.45, 2.75) is 6.92 Å². The first-order valence-corrected chi connectivity index (χ1v) is 3.45. The fraction of sp³-hybridized carbons (Fsp3) is 0.714. The SMILES string of the molecule is CC=CNCCOCCO. The summed E-state index contributed by atoms with van der Waals surface area (Å²) in [5.74, 6) is 0. The molecular formula is C7H15NO2. The van der Waals surface area contributed by atoms with Gasteiger partial charge < -0.3 is 15.2 Å². The Morgan fingerprint density at radius 1 is 1.50 bits per heavy atom. The predicted molar refractivity (Wildman–Crippen MR) is 40.7 cm³/mol. The van der Waals surface area contributed by atoms with Crippen LogP contribution in [0.4, 0.5) is 0 Å². The Balaban J connectivity index is 2.77. The summed E-state index contributed by atoms with van der Waals surface area (Å²) in [5, 5.41) is 11.3. The number of allylic oxidation sites excluding steroid dienone is 1. The van der Waals surface area contributed by atoms with Gasteiger partial charge in [0.05, 0.1) is 19.8 Å². The summed E-state index contributed by atoms with van der Waals surface area (Å²) in [6.07, 6.45) is 3.79. The minimum atomic E-state index is 0.101. The van der Waals surface area contributed by atoms with Crippen molar-refractivity contribution in [3.63, 3.8) is 0 Å². The molecule has 10 heavy (non-hydrogen) atoms. The molecular weight excluding hydrogens is 130 g/mol. The van der Waals surface area contributed by atoms with E-state index in [1.807, 2.05) is 19.2 Å². The second kappa shape index (κ2) is 8.46. The molecule has 0 aliphatic carbocycles. The molecule has 0 fully saturated rings. The summed E-state index contributed by atoms with van der Waals surface area (Å²) in [6, 6.07) is 0. The van der Waals surface area contributed by atoms with E-state index in [-0.39, 0.29) is 6.61 Å². The standard InChI is InChI=1S/C7H15NO2/c1-2-3-8-4-6-10-7-5-9/h2-3,8-9H,4-7H2,1H3. The summed E-state index contributed by atoms with van der Waals surface area (Å²) in [5.41, 5.74) is 0. The van der Waals surface area contributed by atoms with E-state index in [0.717, 1.165) is 6.54 Å². The van der Waals surface area contributed by atoms with E-state index in [4.69, 9.17) is 9.84 Å². The van der Waals surface area contributed by atoms with E-state index in [1.54, 1.807) is 0 Å². The van der Waals surface area contributed by atoms with Crippen LogP contribution in [0.2, 0.25) is 0 Å². The molecule has 60 valence electrons. The van der Waals surface area contributed by atoms with Gasteiger partial charge in [-0.2, -0.15) is 0 Å². The number of rotatable bonds is 6. The fourth-order valence-corrected chi connectivity index (χ4v) is 0.499. The molecule has 0 amide bonds. The van der Waals surface area contributed by atoms with Crippen LogP contribution in [-0.2, 0) is 4.74 Å². The molecule has 0 saturated heterocycles. The van der Waals surface area contributed by atoms with Crippen LogP contribution in [0, 0.1) is 0 Å². The van der Waals surface area contributed by atoms with E-state index in [9.17, 15) is 0 Å². The lowest BCUT2D eigenvalue weighted by molar-refractivity contribution is 0.0953. The Morgan fingerprint density at radius 2 is 2.30 bits per heavy atom. The Hall–Kier alpha value is -0.540. The predicted octanol–water partition coefficient (Wildman–Crippen LogP) is 0.118. The average Bonchev–Trinajstić information content (AvgIpc) is 1.97. The quantitative estimate of drug-likeness (QED) is 0.521. The van der Waals surface area contributed by atoms with Gasteiger partial charge in [0.2, 0.25) is 0 Å². The van der Waals surface area contributed by atoms with Gasteiger partial charge in [-0.15, -0.1) is 0 Å². The molecule has 0 aliphatic rings. The van der Waals surface area contributed by atoms with Crippen LogP contribution in [0.3, 0.4) is 0 Å².